The van der Waals surface area contributed by atoms with Gasteiger partial charge in [-0.2, -0.15) is 18.2 Å². The molecule has 3 aliphatic heterocycles. The van der Waals surface area contributed by atoms with Gasteiger partial charge in [0.1, 0.15) is 12.4 Å². The van der Waals surface area contributed by atoms with Crippen molar-refractivity contribution in [3.8, 4) is 0 Å². The lowest BCUT2D eigenvalue weighted by atomic mass is 10.1. The van der Waals surface area contributed by atoms with Crippen molar-refractivity contribution in [2.75, 3.05) is 62.2 Å². The Hall–Kier alpha value is -2.14. The van der Waals surface area contributed by atoms with Crippen LogP contribution < -0.4 is 15.1 Å². The minimum Gasteiger partial charge on any atom is -0.368 e. The Labute approximate surface area is 186 Å². The summed E-state index contributed by atoms with van der Waals surface area (Å²) in [6.45, 7) is 8.12. The minimum absolute atomic E-state index is 0.0105. The molecule has 0 radical (unpaired) electrons. The fourth-order valence-corrected chi connectivity index (χ4v) is 4.45. The van der Waals surface area contributed by atoms with Gasteiger partial charge < -0.3 is 24.8 Å². The van der Waals surface area contributed by atoms with E-state index in [4.69, 9.17) is 4.74 Å². The van der Waals surface area contributed by atoms with Gasteiger partial charge in [0.05, 0.1) is 6.10 Å². The van der Waals surface area contributed by atoms with E-state index in [1.165, 1.54) is 6.92 Å². The number of rotatable bonds is 5. The monoisotopic (exact) mass is 456 g/mol. The Morgan fingerprint density at radius 3 is 2.34 bits per heavy atom. The Bertz CT molecular complexity index is 822. The molecule has 1 aromatic heterocycles. The number of hydrogen-bond donors (Lipinski definition) is 1. The van der Waals surface area contributed by atoms with Gasteiger partial charge in [0.2, 0.25) is 11.9 Å². The largest absolute Gasteiger partial charge is 0.433 e. The molecule has 3 fully saturated rings. The molecule has 1 aromatic rings. The number of amides is 1. The lowest BCUT2D eigenvalue weighted by Crippen LogP contribution is -2.48. The van der Waals surface area contributed by atoms with E-state index in [1.54, 1.807) is 4.90 Å². The first kappa shape index (κ1) is 23.0. The van der Waals surface area contributed by atoms with Crippen LogP contribution in [0.2, 0.25) is 0 Å². The first-order chi connectivity index (χ1) is 15.2. The molecule has 8 nitrogen and oxygen atoms in total. The lowest BCUT2D eigenvalue weighted by molar-refractivity contribution is -0.141. The van der Waals surface area contributed by atoms with E-state index in [1.807, 2.05) is 16.7 Å². The Kier molecular flexibility index (Phi) is 6.75. The van der Waals surface area contributed by atoms with E-state index in [2.05, 4.69) is 15.3 Å². The van der Waals surface area contributed by atoms with Crippen molar-refractivity contribution in [1.29, 1.82) is 0 Å². The fraction of sp³-hybridized carbons (Fsp3) is 0.762. The van der Waals surface area contributed by atoms with Gasteiger partial charge in [-0.1, -0.05) is 0 Å². The molecular formula is C21H31F3N6O2. The standard InChI is InChI=1S/C21H31F3N6O2/c1-14-3-10-30(14)20-26-18(21(22,23)24)15(2)19(27-20)29-8-4-16(5-9-29)32-13-17(31)28-11-6-25-7-12-28/h14,16,25H,3-13H2,1-2H3/t14-/m0/s1. The topological polar surface area (TPSA) is 73.8 Å². The summed E-state index contributed by atoms with van der Waals surface area (Å²) >= 11 is 0. The molecule has 0 spiro atoms. The number of nitrogens with zero attached hydrogens (tertiary/aromatic N) is 5. The van der Waals surface area contributed by atoms with Gasteiger partial charge in [0, 0.05) is 57.4 Å². The van der Waals surface area contributed by atoms with E-state index in [0.29, 0.717) is 51.4 Å². The van der Waals surface area contributed by atoms with Crippen LogP contribution in [0.15, 0.2) is 0 Å². The third-order valence-corrected chi connectivity index (χ3v) is 6.61. The van der Waals surface area contributed by atoms with Crippen LogP contribution in [0.1, 0.15) is 37.4 Å². The number of hydrogen-bond acceptors (Lipinski definition) is 7. The number of nitrogens with one attached hydrogen (secondary N) is 1. The fourth-order valence-electron chi connectivity index (χ4n) is 4.45. The third-order valence-electron chi connectivity index (χ3n) is 6.61. The maximum absolute atomic E-state index is 13.7. The van der Waals surface area contributed by atoms with Gasteiger partial charge in [-0.05, 0) is 33.1 Å². The van der Waals surface area contributed by atoms with Crippen LogP contribution in [0.4, 0.5) is 24.9 Å². The second kappa shape index (κ2) is 9.38. The van der Waals surface area contributed by atoms with Gasteiger partial charge in [-0.3, -0.25) is 4.79 Å². The number of aromatic nitrogens is 2. The number of halogens is 3. The molecule has 0 aromatic carbocycles. The van der Waals surface area contributed by atoms with Crippen LogP contribution in [0, 0.1) is 6.92 Å². The van der Waals surface area contributed by atoms with Crippen molar-refractivity contribution in [3.05, 3.63) is 11.3 Å². The highest BCUT2D eigenvalue weighted by Crippen LogP contribution is 2.37. The predicted molar refractivity (Wildman–Crippen MR) is 114 cm³/mol. The van der Waals surface area contributed by atoms with Crippen molar-refractivity contribution in [1.82, 2.24) is 20.2 Å². The van der Waals surface area contributed by atoms with Gasteiger partial charge >= 0.3 is 6.18 Å². The minimum atomic E-state index is -4.53. The van der Waals surface area contributed by atoms with Crippen LogP contribution in [0.25, 0.3) is 0 Å². The molecular weight excluding hydrogens is 425 g/mol. The summed E-state index contributed by atoms with van der Waals surface area (Å²) in [4.78, 5) is 26.2. The number of piperidine rings is 1. The molecule has 4 rings (SSSR count). The summed E-state index contributed by atoms with van der Waals surface area (Å²) < 4.78 is 46.8. The molecule has 1 atom stereocenters. The van der Waals surface area contributed by atoms with Gasteiger partial charge in [-0.15, -0.1) is 0 Å². The van der Waals surface area contributed by atoms with Gasteiger partial charge in [-0.25, -0.2) is 4.98 Å². The summed E-state index contributed by atoms with van der Waals surface area (Å²) in [5.74, 6) is 0.483. The molecule has 0 saturated carbocycles. The molecule has 3 aliphatic rings. The molecule has 1 N–H and O–H groups in total. The molecule has 3 saturated heterocycles. The van der Waals surface area contributed by atoms with Gasteiger partial charge in [0.25, 0.3) is 0 Å². The van der Waals surface area contributed by atoms with E-state index in [-0.39, 0.29) is 36.2 Å². The predicted octanol–water partition coefficient (Wildman–Crippen LogP) is 1.82. The first-order valence-corrected chi connectivity index (χ1v) is 11.3. The SMILES string of the molecule is Cc1c(N2CCC(OCC(=O)N3CCNCC3)CC2)nc(N2CC[C@@H]2C)nc1C(F)(F)F. The van der Waals surface area contributed by atoms with E-state index >= 15 is 0 Å². The number of carbonyl (C=O) groups excluding carboxylic acids is 1. The Balaban J connectivity index is 1.40. The molecule has 1 amide bonds. The van der Waals surface area contributed by atoms with Crippen molar-refractivity contribution < 1.29 is 22.7 Å². The number of anilines is 2. The highest BCUT2D eigenvalue weighted by Gasteiger charge is 2.39. The van der Waals surface area contributed by atoms with E-state index in [9.17, 15) is 18.0 Å². The van der Waals surface area contributed by atoms with E-state index in [0.717, 1.165) is 19.5 Å². The second-order valence-electron chi connectivity index (χ2n) is 8.78. The van der Waals surface area contributed by atoms with Crippen LogP contribution in [0.3, 0.4) is 0 Å². The van der Waals surface area contributed by atoms with Crippen LogP contribution in [0.5, 0.6) is 0 Å². The molecule has 178 valence electrons. The third kappa shape index (κ3) is 4.93. The smallest absolute Gasteiger partial charge is 0.368 e. The average molecular weight is 457 g/mol. The average Bonchev–Trinajstić information content (AvgIpc) is 2.77. The van der Waals surface area contributed by atoms with Crippen molar-refractivity contribution in [2.45, 2.75) is 51.4 Å². The normalized spacial score (nSPS) is 22.8. The summed E-state index contributed by atoms with van der Waals surface area (Å²) in [7, 11) is 0. The highest BCUT2D eigenvalue weighted by atomic mass is 19.4. The Morgan fingerprint density at radius 1 is 1.09 bits per heavy atom. The Morgan fingerprint density at radius 2 is 1.78 bits per heavy atom. The molecule has 4 heterocycles. The van der Waals surface area contributed by atoms with Crippen LogP contribution >= 0.6 is 0 Å². The van der Waals surface area contributed by atoms with Crippen molar-refractivity contribution >= 4 is 17.7 Å². The van der Waals surface area contributed by atoms with E-state index < -0.39 is 11.9 Å². The zero-order valence-corrected chi connectivity index (χ0v) is 18.6. The zero-order valence-electron chi connectivity index (χ0n) is 18.6. The molecule has 32 heavy (non-hydrogen) atoms. The second-order valence-corrected chi connectivity index (χ2v) is 8.78. The quantitative estimate of drug-likeness (QED) is 0.725. The maximum atomic E-state index is 13.7. The molecule has 0 bridgehead atoms. The lowest BCUT2D eigenvalue weighted by Gasteiger charge is -2.40. The molecule has 11 heteroatoms. The van der Waals surface area contributed by atoms with Crippen LogP contribution in [-0.2, 0) is 15.7 Å². The first-order valence-electron chi connectivity index (χ1n) is 11.3. The van der Waals surface area contributed by atoms with Crippen LogP contribution in [-0.4, -0.2) is 85.3 Å². The van der Waals surface area contributed by atoms with Gasteiger partial charge in [0.15, 0.2) is 5.69 Å². The van der Waals surface area contributed by atoms with Crippen molar-refractivity contribution in [3.63, 3.8) is 0 Å². The summed E-state index contributed by atoms with van der Waals surface area (Å²) in [6, 6.07) is 0.138. The highest BCUT2D eigenvalue weighted by molar-refractivity contribution is 5.77. The number of piperazine rings is 1. The summed E-state index contributed by atoms with van der Waals surface area (Å²) in [5.41, 5.74) is -0.806. The summed E-state index contributed by atoms with van der Waals surface area (Å²) in [6.07, 6.45) is -2.43. The summed E-state index contributed by atoms with van der Waals surface area (Å²) in [5, 5.41) is 3.21. The number of ether oxygens (including phenoxy) is 1. The number of carbonyl (C=O) groups is 1. The molecule has 0 aliphatic carbocycles. The van der Waals surface area contributed by atoms with Crippen molar-refractivity contribution in [2.24, 2.45) is 0 Å². The maximum Gasteiger partial charge on any atom is 0.433 e. The number of alkyl halides is 3. The molecule has 0 unspecified atom stereocenters. The zero-order chi connectivity index (χ0) is 22.9.